The van der Waals surface area contributed by atoms with Gasteiger partial charge in [-0.2, -0.15) is 5.10 Å². The van der Waals surface area contributed by atoms with Crippen LogP contribution in [-0.4, -0.2) is 34.8 Å². The Bertz CT molecular complexity index is 1040. The molecule has 2 aromatic carbocycles. The minimum Gasteiger partial charge on any atom is -0.494 e. The van der Waals surface area contributed by atoms with E-state index in [1.54, 1.807) is 12.1 Å². The standard InChI is InChI=1S/C24H29N5O2/c1-5-31-21-13-11-20(12-14-21)26-24(27-23(30)19-9-7-6-8-10-19)25-16-15-22-17(2)28-29(4)18(22)3/h6-14H,5,15-16H2,1-4H3,(H2,25,26,27,30). The minimum atomic E-state index is -0.216. The third-order valence-corrected chi connectivity index (χ3v) is 4.99. The van der Waals surface area contributed by atoms with Gasteiger partial charge in [0.1, 0.15) is 5.75 Å². The van der Waals surface area contributed by atoms with Crippen molar-refractivity contribution in [2.24, 2.45) is 12.0 Å². The Hall–Kier alpha value is -3.61. The van der Waals surface area contributed by atoms with Crippen molar-refractivity contribution in [2.75, 3.05) is 18.5 Å². The first-order valence-corrected chi connectivity index (χ1v) is 10.4. The molecular weight excluding hydrogens is 390 g/mol. The molecule has 0 saturated heterocycles. The molecule has 7 heteroatoms. The summed E-state index contributed by atoms with van der Waals surface area (Å²) in [5.74, 6) is 0.978. The molecule has 1 aromatic heterocycles. The van der Waals surface area contributed by atoms with Gasteiger partial charge in [-0.1, -0.05) is 18.2 Å². The number of aliphatic imine (C=N–C) groups is 1. The molecule has 3 rings (SSSR count). The molecule has 3 aromatic rings. The Morgan fingerprint density at radius 3 is 2.42 bits per heavy atom. The monoisotopic (exact) mass is 419 g/mol. The number of benzene rings is 2. The van der Waals surface area contributed by atoms with Crippen molar-refractivity contribution >= 4 is 17.6 Å². The predicted octanol–water partition coefficient (Wildman–Crippen LogP) is 3.88. The second kappa shape index (κ2) is 10.4. The molecule has 162 valence electrons. The fourth-order valence-corrected chi connectivity index (χ4v) is 3.28. The van der Waals surface area contributed by atoms with E-state index in [9.17, 15) is 4.79 Å². The highest BCUT2D eigenvalue weighted by Gasteiger charge is 2.11. The summed E-state index contributed by atoms with van der Waals surface area (Å²) < 4.78 is 7.37. The maximum atomic E-state index is 12.7. The van der Waals surface area contributed by atoms with Gasteiger partial charge >= 0.3 is 0 Å². The number of nitrogens with one attached hydrogen (secondary N) is 2. The number of rotatable bonds is 7. The second-order valence-electron chi connectivity index (χ2n) is 7.16. The van der Waals surface area contributed by atoms with Crippen molar-refractivity contribution in [2.45, 2.75) is 27.2 Å². The summed E-state index contributed by atoms with van der Waals surface area (Å²) in [5.41, 5.74) is 4.69. The Morgan fingerprint density at radius 1 is 1.10 bits per heavy atom. The van der Waals surface area contributed by atoms with Crippen LogP contribution in [0.2, 0.25) is 0 Å². The quantitative estimate of drug-likeness (QED) is 0.450. The smallest absolute Gasteiger partial charge is 0.257 e. The van der Waals surface area contributed by atoms with Crippen molar-refractivity contribution in [3.05, 3.63) is 77.1 Å². The molecule has 0 aliphatic carbocycles. The maximum Gasteiger partial charge on any atom is 0.257 e. The molecule has 0 saturated carbocycles. The van der Waals surface area contributed by atoms with E-state index in [0.717, 1.165) is 29.2 Å². The summed E-state index contributed by atoms with van der Waals surface area (Å²) >= 11 is 0. The van der Waals surface area contributed by atoms with E-state index in [4.69, 9.17) is 4.74 Å². The molecule has 2 N–H and O–H groups in total. The highest BCUT2D eigenvalue weighted by atomic mass is 16.5. The number of aromatic nitrogens is 2. The van der Waals surface area contributed by atoms with Crippen LogP contribution in [0, 0.1) is 13.8 Å². The molecule has 7 nitrogen and oxygen atoms in total. The third-order valence-electron chi connectivity index (χ3n) is 4.99. The van der Waals surface area contributed by atoms with Crippen LogP contribution in [0.15, 0.2) is 59.6 Å². The Balaban J connectivity index is 1.75. The van der Waals surface area contributed by atoms with E-state index in [1.165, 1.54) is 5.56 Å². The first-order valence-electron chi connectivity index (χ1n) is 10.4. The lowest BCUT2D eigenvalue weighted by molar-refractivity contribution is 0.0977. The number of ether oxygens (including phenoxy) is 1. The summed E-state index contributed by atoms with van der Waals surface area (Å²) in [6.07, 6.45) is 0.737. The van der Waals surface area contributed by atoms with Crippen LogP contribution in [0.3, 0.4) is 0 Å². The fourth-order valence-electron chi connectivity index (χ4n) is 3.28. The SMILES string of the molecule is CCOc1ccc(NC(=NCCc2c(C)nn(C)c2C)NC(=O)c2ccccc2)cc1. The number of guanidine groups is 1. The molecule has 0 radical (unpaired) electrons. The summed E-state index contributed by atoms with van der Waals surface area (Å²) in [7, 11) is 1.94. The first kappa shape index (κ1) is 22.1. The maximum absolute atomic E-state index is 12.7. The number of hydrogen-bond acceptors (Lipinski definition) is 4. The lowest BCUT2D eigenvalue weighted by Gasteiger charge is -2.13. The van der Waals surface area contributed by atoms with Crippen LogP contribution in [0.1, 0.15) is 34.2 Å². The lowest BCUT2D eigenvalue weighted by atomic mass is 10.1. The van der Waals surface area contributed by atoms with Crippen LogP contribution in [0.5, 0.6) is 5.75 Å². The van der Waals surface area contributed by atoms with Gasteiger partial charge in [-0.3, -0.25) is 19.8 Å². The zero-order chi connectivity index (χ0) is 22.2. The number of carbonyl (C=O) groups excluding carboxylic acids is 1. The number of nitrogens with zero attached hydrogens (tertiary/aromatic N) is 3. The summed E-state index contributed by atoms with van der Waals surface area (Å²) in [5, 5.41) is 10.6. The molecule has 0 unspecified atom stereocenters. The van der Waals surface area contributed by atoms with Gasteiger partial charge in [0, 0.05) is 30.5 Å². The first-order chi connectivity index (χ1) is 15.0. The van der Waals surface area contributed by atoms with Crippen molar-refractivity contribution < 1.29 is 9.53 Å². The zero-order valence-corrected chi connectivity index (χ0v) is 18.5. The lowest BCUT2D eigenvalue weighted by Crippen LogP contribution is -2.36. The third kappa shape index (κ3) is 5.94. The number of carbonyl (C=O) groups is 1. The molecule has 1 heterocycles. The summed E-state index contributed by atoms with van der Waals surface area (Å²) in [6, 6.07) is 16.6. The fraction of sp³-hybridized carbons (Fsp3) is 0.292. The molecule has 0 aliphatic heterocycles. The number of aryl methyl sites for hydroxylation is 2. The van der Waals surface area contributed by atoms with E-state index in [-0.39, 0.29) is 5.91 Å². The average molecular weight is 420 g/mol. The van der Waals surface area contributed by atoms with Gasteiger partial charge in [-0.25, -0.2) is 0 Å². The van der Waals surface area contributed by atoms with Gasteiger partial charge in [0.15, 0.2) is 0 Å². The molecule has 1 amide bonds. The van der Waals surface area contributed by atoms with Crippen molar-refractivity contribution in [3.8, 4) is 5.75 Å². The van der Waals surface area contributed by atoms with Crippen LogP contribution in [0.4, 0.5) is 5.69 Å². The predicted molar refractivity (Wildman–Crippen MR) is 124 cm³/mol. The van der Waals surface area contributed by atoms with Crippen LogP contribution in [-0.2, 0) is 13.5 Å². The highest BCUT2D eigenvalue weighted by molar-refractivity contribution is 6.09. The second-order valence-corrected chi connectivity index (χ2v) is 7.16. The van der Waals surface area contributed by atoms with Gasteiger partial charge in [-0.15, -0.1) is 0 Å². The Labute approximate surface area is 183 Å². The normalized spacial score (nSPS) is 11.3. The van der Waals surface area contributed by atoms with E-state index < -0.39 is 0 Å². The van der Waals surface area contributed by atoms with Gasteiger partial charge in [-0.05, 0) is 69.2 Å². The zero-order valence-electron chi connectivity index (χ0n) is 18.5. The van der Waals surface area contributed by atoms with Crippen LogP contribution in [0.25, 0.3) is 0 Å². The van der Waals surface area contributed by atoms with Crippen molar-refractivity contribution in [1.82, 2.24) is 15.1 Å². The van der Waals surface area contributed by atoms with Crippen LogP contribution < -0.4 is 15.4 Å². The highest BCUT2D eigenvalue weighted by Crippen LogP contribution is 2.16. The van der Waals surface area contributed by atoms with Crippen molar-refractivity contribution in [3.63, 3.8) is 0 Å². The Kier molecular flexibility index (Phi) is 7.43. The van der Waals surface area contributed by atoms with Gasteiger partial charge < -0.3 is 10.1 Å². The van der Waals surface area contributed by atoms with Crippen molar-refractivity contribution in [1.29, 1.82) is 0 Å². The molecule has 0 spiro atoms. The van der Waals surface area contributed by atoms with Crippen LogP contribution >= 0.6 is 0 Å². The number of hydrogen-bond donors (Lipinski definition) is 2. The largest absolute Gasteiger partial charge is 0.494 e. The summed E-state index contributed by atoms with van der Waals surface area (Å²) in [6.45, 7) is 7.13. The van der Waals surface area contributed by atoms with E-state index >= 15 is 0 Å². The van der Waals surface area contributed by atoms with Gasteiger partial charge in [0.2, 0.25) is 5.96 Å². The van der Waals surface area contributed by atoms with E-state index in [1.807, 2.05) is 68.0 Å². The number of amides is 1. The topological polar surface area (TPSA) is 80.5 Å². The Morgan fingerprint density at radius 2 is 1.81 bits per heavy atom. The van der Waals surface area contributed by atoms with E-state index in [2.05, 4.69) is 27.6 Å². The van der Waals surface area contributed by atoms with Gasteiger partial charge in [0.25, 0.3) is 5.91 Å². The molecule has 0 bridgehead atoms. The van der Waals surface area contributed by atoms with Gasteiger partial charge in [0.05, 0.1) is 12.3 Å². The molecule has 0 fully saturated rings. The number of anilines is 1. The molecule has 31 heavy (non-hydrogen) atoms. The molecular formula is C24H29N5O2. The average Bonchev–Trinajstić information content (AvgIpc) is 3.01. The minimum absolute atomic E-state index is 0.216. The molecule has 0 atom stereocenters. The summed E-state index contributed by atoms with van der Waals surface area (Å²) in [4.78, 5) is 17.3. The molecule has 0 aliphatic rings. The van der Waals surface area contributed by atoms with E-state index in [0.29, 0.717) is 24.7 Å².